The van der Waals surface area contributed by atoms with E-state index in [1.807, 2.05) is 0 Å². The van der Waals surface area contributed by atoms with E-state index < -0.39 is 6.10 Å². The van der Waals surface area contributed by atoms with Crippen molar-refractivity contribution in [1.82, 2.24) is 0 Å². The number of hydrogen-bond donors (Lipinski definition) is 3. The first-order valence-corrected chi connectivity index (χ1v) is 2.93. The number of Topliss-reactive ketones (excluding diaryl/α,β-unsaturated/α-hetero) is 1. The Kier molecular flexibility index (Phi) is 10.5. The third-order valence-corrected chi connectivity index (χ3v) is 0.487. The molecule has 0 saturated carbocycles. The summed E-state index contributed by atoms with van der Waals surface area (Å²) in [7, 11) is 0. The van der Waals surface area contributed by atoms with Crippen LogP contribution in [0.5, 0.6) is 0 Å². The molecule has 10 heavy (non-hydrogen) atoms. The molecular weight excluding hydrogens is 136 g/mol. The molecule has 0 aliphatic heterocycles. The molecule has 0 aliphatic carbocycles. The lowest BCUT2D eigenvalue weighted by atomic mass is 10.5. The van der Waals surface area contributed by atoms with E-state index in [2.05, 4.69) is 0 Å². The number of rotatable bonds is 2. The topological polar surface area (TPSA) is 77.8 Å². The predicted molar refractivity (Wildman–Crippen MR) is 36.5 cm³/mol. The number of carbonyl (C=O) groups excluding carboxylic acids is 1. The van der Waals surface area contributed by atoms with Crippen molar-refractivity contribution in [3.05, 3.63) is 0 Å². The molecule has 0 unspecified atom stereocenters. The number of hydrogen-bond acceptors (Lipinski definition) is 4. The quantitative estimate of drug-likeness (QED) is 0.468. The van der Waals surface area contributed by atoms with E-state index >= 15 is 0 Å². The second-order valence-corrected chi connectivity index (χ2v) is 1.89. The van der Waals surface area contributed by atoms with Gasteiger partial charge in [0.25, 0.3) is 0 Å². The first-order valence-electron chi connectivity index (χ1n) is 2.93. The minimum absolute atomic E-state index is 0.139. The maximum Gasteiger partial charge on any atom is 0.155 e. The summed E-state index contributed by atoms with van der Waals surface area (Å²) in [5.41, 5.74) is 0. The maximum atomic E-state index is 9.56. The van der Waals surface area contributed by atoms with E-state index in [-0.39, 0.29) is 19.0 Å². The van der Waals surface area contributed by atoms with E-state index in [9.17, 15) is 4.79 Å². The lowest BCUT2D eigenvalue weighted by Crippen LogP contribution is -2.03. The van der Waals surface area contributed by atoms with Crippen LogP contribution in [0.15, 0.2) is 0 Å². The van der Waals surface area contributed by atoms with Crippen LogP contribution in [0.3, 0.4) is 0 Å². The molecule has 0 rings (SSSR count). The van der Waals surface area contributed by atoms with Crippen LogP contribution in [0.2, 0.25) is 0 Å². The van der Waals surface area contributed by atoms with Crippen LogP contribution in [-0.2, 0) is 4.79 Å². The number of carbonyl (C=O) groups is 1. The minimum atomic E-state index is -0.560. The highest BCUT2D eigenvalue weighted by Crippen LogP contribution is 1.68. The summed E-state index contributed by atoms with van der Waals surface area (Å²) >= 11 is 0. The molecule has 4 nitrogen and oxygen atoms in total. The maximum absolute atomic E-state index is 9.56. The van der Waals surface area contributed by atoms with Crippen LogP contribution in [0, 0.1) is 0 Å². The minimum Gasteiger partial charge on any atom is -0.394 e. The summed E-state index contributed by atoms with van der Waals surface area (Å²) in [5.74, 6) is -0.190. The van der Waals surface area contributed by atoms with Crippen LogP contribution in [-0.4, -0.2) is 40.4 Å². The van der Waals surface area contributed by atoms with Gasteiger partial charge < -0.3 is 15.3 Å². The summed E-state index contributed by atoms with van der Waals surface area (Å²) < 4.78 is 0. The summed E-state index contributed by atoms with van der Waals surface area (Å²) in [4.78, 5) is 9.56. The monoisotopic (exact) mass is 150 g/mol. The van der Waals surface area contributed by atoms with E-state index in [0.717, 1.165) is 0 Å². The molecule has 0 amide bonds. The Labute approximate surface area is 60.1 Å². The van der Waals surface area contributed by atoms with Gasteiger partial charge in [-0.1, -0.05) is 0 Å². The molecule has 62 valence electrons. The van der Waals surface area contributed by atoms with Crippen LogP contribution >= 0.6 is 0 Å². The molecule has 0 fully saturated rings. The van der Waals surface area contributed by atoms with Gasteiger partial charge in [0.05, 0.1) is 12.7 Å². The van der Waals surface area contributed by atoms with Gasteiger partial charge >= 0.3 is 0 Å². The molecule has 0 saturated heterocycles. The Hall–Kier alpha value is -0.450. The van der Waals surface area contributed by atoms with Gasteiger partial charge in [-0.25, -0.2) is 0 Å². The molecular formula is C6H14O4. The van der Waals surface area contributed by atoms with Crippen molar-refractivity contribution in [2.24, 2.45) is 0 Å². The summed E-state index contributed by atoms with van der Waals surface area (Å²) in [6.45, 7) is 2.39. The van der Waals surface area contributed by atoms with Crippen molar-refractivity contribution >= 4 is 5.78 Å². The first-order chi connectivity index (χ1) is 4.54. The summed E-state index contributed by atoms with van der Waals surface area (Å²) in [6, 6.07) is 0. The number of aliphatic hydroxyl groups is 3. The molecule has 0 heterocycles. The molecule has 4 heteroatoms. The third-order valence-electron chi connectivity index (χ3n) is 0.487. The predicted octanol–water partition coefficient (Wildman–Crippen LogP) is -1.07. The molecule has 0 aromatic carbocycles. The second kappa shape index (κ2) is 8.55. The highest BCUT2D eigenvalue weighted by atomic mass is 16.3. The highest BCUT2D eigenvalue weighted by molar-refractivity contribution is 5.76. The Bertz CT molecular complexity index is 79.8. The highest BCUT2D eigenvalue weighted by Gasteiger charge is 1.83. The zero-order valence-electron chi connectivity index (χ0n) is 6.24. The van der Waals surface area contributed by atoms with E-state index in [4.69, 9.17) is 15.3 Å². The molecule has 0 radical (unpaired) electrons. The van der Waals surface area contributed by atoms with Crippen molar-refractivity contribution in [3.63, 3.8) is 0 Å². The zero-order chi connectivity index (χ0) is 8.57. The second-order valence-electron chi connectivity index (χ2n) is 1.89. The van der Waals surface area contributed by atoms with Crippen molar-refractivity contribution < 1.29 is 20.1 Å². The van der Waals surface area contributed by atoms with Gasteiger partial charge in [0.1, 0.15) is 6.61 Å². The van der Waals surface area contributed by atoms with E-state index in [0.29, 0.717) is 0 Å². The Morgan fingerprint density at radius 1 is 1.50 bits per heavy atom. The zero-order valence-corrected chi connectivity index (χ0v) is 6.24. The van der Waals surface area contributed by atoms with Gasteiger partial charge in [-0.3, -0.25) is 4.79 Å². The van der Waals surface area contributed by atoms with Crippen molar-refractivity contribution in [1.29, 1.82) is 0 Å². The van der Waals surface area contributed by atoms with E-state index in [1.165, 1.54) is 13.8 Å². The Morgan fingerprint density at radius 3 is 1.70 bits per heavy atom. The largest absolute Gasteiger partial charge is 0.394 e. The van der Waals surface area contributed by atoms with Crippen molar-refractivity contribution in [2.75, 3.05) is 13.2 Å². The molecule has 0 spiro atoms. The van der Waals surface area contributed by atoms with Crippen LogP contribution in [0.25, 0.3) is 0 Å². The standard InChI is InChI=1S/C3H8O2.C3H6O2/c2*1-3(5)2-4/h3-5H,2H2,1H3;4H,2H2,1H3/t3-;/m0./s1. The third kappa shape index (κ3) is 25.7. The first kappa shape index (κ1) is 12.2. The smallest absolute Gasteiger partial charge is 0.155 e. The molecule has 0 aromatic rings. The van der Waals surface area contributed by atoms with E-state index in [1.54, 1.807) is 0 Å². The van der Waals surface area contributed by atoms with Crippen LogP contribution in [0.4, 0.5) is 0 Å². The fraction of sp³-hybridized carbons (Fsp3) is 0.833. The molecule has 0 bridgehead atoms. The normalized spacial score (nSPS) is 11.3. The molecule has 0 aliphatic rings. The average molecular weight is 150 g/mol. The van der Waals surface area contributed by atoms with Gasteiger partial charge in [-0.05, 0) is 13.8 Å². The summed E-state index contributed by atoms with van der Waals surface area (Å²) in [5, 5.41) is 23.8. The molecule has 1 atom stereocenters. The number of aliphatic hydroxyl groups excluding tert-OH is 3. The van der Waals surface area contributed by atoms with Gasteiger partial charge in [0.15, 0.2) is 5.78 Å². The molecule has 3 N–H and O–H groups in total. The average Bonchev–Trinajstić information content (AvgIpc) is 1.89. The van der Waals surface area contributed by atoms with Gasteiger partial charge in [-0.15, -0.1) is 0 Å². The Balaban J connectivity index is 0. The van der Waals surface area contributed by atoms with Crippen LogP contribution in [0.1, 0.15) is 13.8 Å². The van der Waals surface area contributed by atoms with Gasteiger partial charge in [0.2, 0.25) is 0 Å². The Morgan fingerprint density at radius 2 is 1.70 bits per heavy atom. The molecule has 0 aromatic heterocycles. The van der Waals surface area contributed by atoms with Crippen molar-refractivity contribution in [3.8, 4) is 0 Å². The lowest BCUT2D eigenvalue weighted by molar-refractivity contribution is -0.119. The summed E-state index contributed by atoms with van der Waals surface area (Å²) in [6.07, 6.45) is -0.560. The van der Waals surface area contributed by atoms with Gasteiger partial charge in [0, 0.05) is 0 Å². The fourth-order valence-corrected chi connectivity index (χ4v) is 0. The fourth-order valence-electron chi connectivity index (χ4n) is 0. The van der Waals surface area contributed by atoms with Gasteiger partial charge in [-0.2, -0.15) is 0 Å². The number of ketones is 1. The van der Waals surface area contributed by atoms with Crippen molar-refractivity contribution in [2.45, 2.75) is 20.0 Å². The lowest BCUT2D eigenvalue weighted by Gasteiger charge is -1.90. The van der Waals surface area contributed by atoms with Crippen LogP contribution < -0.4 is 0 Å². The SMILES string of the molecule is CC(=O)CO.C[C@H](O)CO.